The van der Waals surface area contributed by atoms with Crippen molar-refractivity contribution in [3.05, 3.63) is 34.9 Å². The van der Waals surface area contributed by atoms with Gasteiger partial charge in [0.15, 0.2) is 5.78 Å². The second-order valence-electron chi connectivity index (χ2n) is 8.48. The van der Waals surface area contributed by atoms with Crippen LogP contribution >= 0.6 is 0 Å². The Bertz CT molecular complexity index is 756. The Hall–Kier alpha value is -2.21. The molecule has 2 amide bonds. The summed E-state index contributed by atoms with van der Waals surface area (Å²) in [7, 11) is 0. The summed E-state index contributed by atoms with van der Waals surface area (Å²) < 4.78 is 0. The van der Waals surface area contributed by atoms with Crippen LogP contribution in [0.5, 0.6) is 0 Å². The molecular weight excluding hydrogens is 366 g/mol. The average Bonchev–Trinajstić information content (AvgIpc) is 3.27. The van der Waals surface area contributed by atoms with Gasteiger partial charge in [-0.3, -0.25) is 14.4 Å². The van der Waals surface area contributed by atoms with Crippen molar-refractivity contribution < 1.29 is 14.4 Å². The molecule has 2 unspecified atom stereocenters. The minimum atomic E-state index is -0.0626. The van der Waals surface area contributed by atoms with E-state index in [1.54, 1.807) is 0 Å². The SMILES string of the molecule is Cc1ccc(C)c(C(=O)CCC(=O)N2CCCC(CNC(=O)C3CCCN3)C2)c1. The molecule has 1 aromatic carbocycles. The van der Waals surface area contributed by atoms with Crippen molar-refractivity contribution in [2.45, 2.75) is 58.4 Å². The lowest BCUT2D eigenvalue weighted by Gasteiger charge is -2.33. The third-order valence-corrected chi connectivity index (χ3v) is 6.07. The van der Waals surface area contributed by atoms with Gasteiger partial charge >= 0.3 is 0 Å². The fourth-order valence-electron chi connectivity index (χ4n) is 4.28. The molecule has 158 valence electrons. The van der Waals surface area contributed by atoms with E-state index in [0.29, 0.717) is 13.1 Å². The molecule has 2 heterocycles. The van der Waals surface area contributed by atoms with E-state index < -0.39 is 0 Å². The lowest BCUT2D eigenvalue weighted by atomic mass is 9.96. The van der Waals surface area contributed by atoms with Gasteiger partial charge in [-0.2, -0.15) is 0 Å². The zero-order chi connectivity index (χ0) is 20.8. The van der Waals surface area contributed by atoms with Gasteiger partial charge in [0.1, 0.15) is 0 Å². The fourth-order valence-corrected chi connectivity index (χ4v) is 4.28. The molecule has 0 radical (unpaired) electrons. The number of nitrogens with one attached hydrogen (secondary N) is 2. The molecule has 0 aliphatic carbocycles. The lowest BCUT2D eigenvalue weighted by molar-refractivity contribution is -0.132. The summed E-state index contributed by atoms with van der Waals surface area (Å²) in [6, 6.07) is 5.79. The van der Waals surface area contributed by atoms with Crippen LogP contribution in [0.3, 0.4) is 0 Å². The highest BCUT2D eigenvalue weighted by molar-refractivity contribution is 5.99. The van der Waals surface area contributed by atoms with Crippen LogP contribution in [0.15, 0.2) is 18.2 Å². The highest BCUT2D eigenvalue weighted by Crippen LogP contribution is 2.19. The Kier molecular flexibility index (Phi) is 7.42. The fraction of sp³-hybridized carbons (Fsp3) is 0.609. The van der Waals surface area contributed by atoms with Gasteiger partial charge in [0.05, 0.1) is 6.04 Å². The molecule has 2 saturated heterocycles. The standard InChI is InChI=1S/C23H33N3O3/c1-16-7-8-17(2)19(13-16)21(27)9-10-22(28)26-12-4-5-18(15-26)14-25-23(29)20-6-3-11-24-20/h7-8,13,18,20,24H,3-6,9-12,14-15H2,1-2H3,(H,25,29). The van der Waals surface area contributed by atoms with Gasteiger partial charge in [0.25, 0.3) is 0 Å². The van der Waals surface area contributed by atoms with Gasteiger partial charge in [0, 0.05) is 38.0 Å². The number of hydrogen-bond acceptors (Lipinski definition) is 4. The number of rotatable bonds is 7. The summed E-state index contributed by atoms with van der Waals surface area (Å²) in [5, 5.41) is 6.25. The van der Waals surface area contributed by atoms with E-state index in [2.05, 4.69) is 10.6 Å². The number of likely N-dealkylation sites (tertiary alicyclic amines) is 1. The minimum absolute atomic E-state index is 0.0319. The molecule has 3 rings (SSSR count). The van der Waals surface area contributed by atoms with Crippen molar-refractivity contribution in [1.82, 2.24) is 15.5 Å². The first-order chi connectivity index (χ1) is 13.9. The van der Waals surface area contributed by atoms with Crippen molar-refractivity contribution in [3.63, 3.8) is 0 Å². The number of aryl methyl sites for hydroxylation is 2. The Morgan fingerprint density at radius 2 is 1.97 bits per heavy atom. The third-order valence-electron chi connectivity index (χ3n) is 6.07. The predicted octanol–water partition coefficient (Wildman–Crippen LogP) is 2.37. The molecular formula is C23H33N3O3. The maximum Gasteiger partial charge on any atom is 0.237 e. The summed E-state index contributed by atoms with van der Waals surface area (Å²) in [4.78, 5) is 39.2. The smallest absolute Gasteiger partial charge is 0.237 e. The zero-order valence-corrected chi connectivity index (χ0v) is 17.6. The Morgan fingerprint density at radius 1 is 1.14 bits per heavy atom. The molecule has 2 aliphatic rings. The molecule has 6 heteroatoms. The number of hydrogen-bond donors (Lipinski definition) is 2. The van der Waals surface area contributed by atoms with Gasteiger partial charge in [0.2, 0.25) is 11.8 Å². The number of carbonyl (C=O) groups is 3. The molecule has 2 fully saturated rings. The van der Waals surface area contributed by atoms with E-state index in [-0.39, 0.29) is 42.4 Å². The Balaban J connectivity index is 1.44. The normalized spacial score (nSPS) is 21.8. The van der Waals surface area contributed by atoms with E-state index in [4.69, 9.17) is 0 Å². The Morgan fingerprint density at radius 3 is 2.72 bits per heavy atom. The zero-order valence-electron chi connectivity index (χ0n) is 17.6. The summed E-state index contributed by atoms with van der Waals surface area (Å²) in [5.41, 5.74) is 2.73. The molecule has 2 atom stereocenters. The highest BCUT2D eigenvalue weighted by Gasteiger charge is 2.26. The summed E-state index contributed by atoms with van der Waals surface area (Å²) in [6.45, 7) is 6.82. The molecule has 2 N–H and O–H groups in total. The topological polar surface area (TPSA) is 78.5 Å². The average molecular weight is 400 g/mol. The predicted molar refractivity (Wildman–Crippen MR) is 113 cm³/mol. The van der Waals surface area contributed by atoms with E-state index in [1.165, 1.54) is 0 Å². The van der Waals surface area contributed by atoms with Crippen LogP contribution in [0.1, 0.15) is 60.0 Å². The Labute approximate surface area is 173 Å². The summed E-state index contributed by atoms with van der Waals surface area (Å²) in [6.07, 6.45) is 4.40. The molecule has 6 nitrogen and oxygen atoms in total. The maximum atomic E-state index is 12.7. The van der Waals surface area contributed by atoms with Gasteiger partial charge in [-0.25, -0.2) is 0 Å². The van der Waals surface area contributed by atoms with Gasteiger partial charge in [-0.15, -0.1) is 0 Å². The third kappa shape index (κ3) is 5.89. The van der Waals surface area contributed by atoms with Crippen LogP contribution in [0, 0.1) is 19.8 Å². The number of ketones is 1. The second kappa shape index (κ2) is 10.0. The summed E-state index contributed by atoms with van der Waals surface area (Å²) >= 11 is 0. The number of benzene rings is 1. The minimum Gasteiger partial charge on any atom is -0.354 e. The van der Waals surface area contributed by atoms with E-state index in [9.17, 15) is 14.4 Å². The van der Waals surface area contributed by atoms with Gasteiger partial charge in [-0.05, 0) is 63.6 Å². The van der Waals surface area contributed by atoms with E-state index in [1.807, 2.05) is 36.9 Å². The van der Waals surface area contributed by atoms with Crippen LogP contribution < -0.4 is 10.6 Å². The van der Waals surface area contributed by atoms with E-state index >= 15 is 0 Å². The van der Waals surface area contributed by atoms with Gasteiger partial charge < -0.3 is 15.5 Å². The molecule has 0 saturated carbocycles. The maximum absolute atomic E-state index is 12.7. The van der Waals surface area contributed by atoms with E-state index in [0.717, 1.165) is 55.5 Å². The number of amides is 2. The quantitative estimate of drug-likeness (QED) is 0.690. The van der Waals surface area contributed by atoms with Crippen molar-refractivity contribution in [3.8, 4) is 0 Å². The monoisotopic (exact) mass is 399 g/mol. The molecule has 0 spiro atoms. The molecule has 0 bridgehead atoms. The highest BCUT2D eigenvalue weighted by atomic mass is 16.2. The van der Waals surface area contributed by atoms with Gasteiger partial charge in [-0.1, -0.05) is 17.7 Å². The van der Waals surface area contributed by atoms with Crippen molar-refractivity contribution >= 4 is 17.6 Å². The first-order valence-corrected chi connectivity index (χ1v) is 10.8. The van der Waals surface area contributed by atoms with Crippen molar-refractivity contribution in [2.75, 3.05) is 26.2 Å². The number of nitrogens with zero attached hydrogens (tertiary/aromatic N) is 1. The molecule has 1 aromatic rings. The molecule has 2 aliphatic heterocycles. The van der Waals surface area contributed by atoms with Crippen LogP contribution in [-0.2, 0) is 9.59 Å². The molecule has 0 aromatic heterocycles. The van der Waals surface area contributed by atoms with Crippen LogP contribution in [0.25, 0.3) is 0 Å². The first-order valence-electron chi connectivity index (χ1n) is 10.8. The number of carbonyl (C=O) groups excluding carboxylic acids is 3. The number of piperidine rings is 1. The number of Topliss-reactive ketones (excluding diaryl/α,β-unsaturated/α-hetero) is 1. The van der Waals surface area contributed by atoms with Crippen molar-refractivity contribution in [1.29, 1.82) is 0 Å². The summed E-state index contributed by atoms with van der Waals surface area (Å²) in [5.74, 6) is 0.430. The van der Waals surface area contributed by atoms with Crippen molar-refractivity contribution in [2.24, 2.45) is 5.92 Å². The van der Waals surface area contributed by atoms with Crippen LogP contribution in [-0.4, -0.2) is 54.7 Å². The largest absolute Gasteiger partial charge is 0.354 e. The lowest BCUT2D eigenvalue weighted by Crippen LogP contribution is -2.46. The van der Waals surface area contributed by atoms with Crippen LogP contribution in [0.4, 0.5) is 0 Å². The van der Waals surface area contributed by atoms with Crippen LogP contribution in [0.2, 0.25) is 0 Å². The first kappa shape index (κ1) is 21.5. The molecule has 29 heavy (non-hydrogen) atoms. The second-order valence-corrected chi connectivity index (χ2v) is 8.48.